The van der Waals surface area contributed by atoms with E-state index >= 15 is 0 Å². The Balaban J connectivity index is 2.47. The molecule has 0 aliphatic carbocycles. The van der Waals surface area contributed by atoms with Gasteiger partial charge in [0.05, 0.1) is 27.9 Å². The molecule has 0 unspecified atom stereocenters. The average Bonchev–Trinajstić information content (AvgIpc) is 2.94. The molecule has 0 saturated heterocycles. The Bertz CT molecular complexity index is 579. The van der Waals surface area contributed by atoms with Crippen molar-refractivity contribution in [1.29, 1.82) is 0 Å². The Kier molecular flexibility index (Phi) is 4.47. The van der Waals surface area contributed by atoms with Crippen LogP contribution in [0.5, 0.6) is 17.2 Å². The lowest BCUT2D eigenvalue weighted by Crippen LogP contribution is -1.95. The first-order chi connectivity index (χ1) is 9.73. The summed E-state index contributed by atoms with van der Waals surface area (Å²) in [5.74, 6) is 2.37. The van der Waals surface area contributed by atoms with Crippen LogP contribution in [0.25, 0.3) is 11.3 Å². The van der Waals surface area contributed by atoms with E-state index in [9.17, 15) is 0 Å². The maximum atomic E-state index is 8.90. The number of nitrogens with zero attached hydrogens (tertiary/aromatic N) is 1. The summed E-state index contributed by atoms with van der Waals surface area (Å²) >= 11 is 0. The van der Waals surface area contributed by atoms with Crippen LogP contribution in [0.3, 0.4) is 0 Å². The highest BCUT2D eigenvalue weighted by Gasteiger charge is 2.16. The number of hydrogen-bond acceptors (Lipinski definition) is 6. The largest absolute Gasteiger partial charge is 0.496 e. The summed E-state index contributed by atoms with van der Waals surface area (Å²) in [6.07, 6.45) is 0.419. The van der Waals surface area contributed by atoms with Crippen LogP contribution in [-0.4, -0.2) is 38.2 Å². The van der Waals surface area contributed by atoms with Crippen molar-refractivity contribution in [2.24, 2.45) is 0 Å². The number of aromatic nitrogens is 1. The molecule has 1 aromatic carbocycles. The van der Waals surface area contributed by atoms with Gasteiger partial charge in [-0.05, 0) is 6.07 Å². The van der Waals surface area contributed by atoms with E-state index in [1.54, 1.807) is 39.5 Å². The maximum absolute atomic E-state index is 8.90. The summed E-state index contributed by atoms with van der Waals surface area (Å²) in [4.78, 5) is 0. The second-order valence-corrected chi connectivity index (χ2v) is 4.06. The van der Waals surface area contributed by atoms with Gasteiger partial charge in [-0.25, -0.2) is 0 Å². The van der Waals surface area contributed by atoms with Crippen LogP contribution >= 0.6 is 0 Å². The number of ether oxygens (including phenoxy) is 3. The minimum absolute atomic E-state index is 0.0116. The van der Waals surface area contributed by atoms with E-state index in [2.05, 4.69) is 5.16 Å². The molecule has 0 amide bonds. The third kappa shape index (κ3) is 2.70. The number of hydrogen-bond donors (Lipinski definition) is 1. The van der Waals surface area contributed by atoms with Crippen LogP contribution in [0.4, 0.5) is 0 Å². The van der Waals surface area contributed by atoms with Gasteiger partial charge in [-0.1, -0.05) is 5.16 Å². The summed E-state index contributed by atoms with van der Waals surface area (Å²) in [7, 11) is 4.69. The van der Waals surface area contributed by atoms with Gasteiger partial charge >= 0.3 is 0 Å². The fourth-order valence-electron chi connectivity index (χ4n) is 1.90. The lowest BCUT2D eigenvalue weighted by Gasteiger charge is -2.12. The van der Waals surface area contributed by atoms with Gasteiger partial charge < -0.3 is 23.8 Å². The molecule has 0 saturated carbocycles. The maximum Gasteiger partial charge on any atom is 0.164 e. The second-order valence-electron chi connectivity index (χ2n) is 4.06. The van der Waals surface area contributed by atoms with Gasteiger partial charge in [0.25, 0.3) is 0 Å². The van der Waals surface area contributed by atoms with E-state index < -0.39 is 0 Å². The van der Waals surface area contributed by atoms with Crippen molar-refractivity contribution < 1.29 is 23.8 Å². The molecule has 0 atom stereocenters. The molecule has 6 heteroatoms. The average molecular weight is 279 g/mol. The molecule has 0 spiro atoms. The predicted molar refractivity (Wildman–Crippen MR) is 72.4 cm³/mol. The molecule has 20 heavy (non-hydrogen) atoms. The highest BCUT2D eigenvalue weighted by Crippen LogP contribution is 2.39. The fourth-order valence-corrected chi connectivity index (χ4v) is 1.90. The number of rotatable bonds is 6. The lowest BCUT2D eigenvalue weighted by atomic mass is 10.1. The Morgan fingerprint density at radius 2 is 1.65 bits per heavy atom. The molecule has 0 aliphatic heterocycles. The molecule has 1 N–H and O–H groups in total. The highest BCUT2D eigenvalue weighted by atomic mass is 16.5. The molecule has 6 nitrogen and oxygen atoms in total. The first-order valence-corrected chi connectivity index (χ1v) is 6.10. The van der Waals surface area contributed by atoms with Crippen molar-refractivity contribution in [2.45, 2.75) is 6.42 Å². The summed E-state index contributed by atoms with van der Waals surface area (Å²) < 4.78 is 21.0. The topological polar surface area (TPSA) is 74.0 Å². The molecule has 0 fully saturated rings. The second kappa shape index (κ2) is 6.29. The first-order valence-electron chi connectivity index (χ1n) is 6.10. The molecule has 0 aliphatic rings. The molecule has 0 bridgehead atoms. The third-order valence-electron chi connectivity index (χ3n) is 2.90. The van der Waals surface area contributed by atoms with Crippen LogP contribution in [0.2, 0.25) is 0 Å². The molecule has 2 rings (SSSR count). The zero-order valence-corrected chi connectivity index (χ0v) is 11.7. The molecule has 2 aromatic rings. The van der Waals surface area contributed by atoms with Gasteiger partial charge in [-0.15, -0.1) is 0 Å². The van der Waals surface area contributed by atoms with E-state index in [0.29, 0.717) is 35.1 Å². The van der Waals surface area contributed by atoms with Crippen molar-refractivity contribution >= 4 is 0 Å². The monoisotopic (exact) mass is 279 g/mol. The quantitative estimate of drug-likeness (QED) is 0.870. The number of benzene rings is 1. The Hall–Kier alpha value is -2.21. The summed E-state index contributed by atoms with van der Waals surface area (Å²) in [6.45, 7) is 0.0116. The molecule has 108 valence electrons. The molecular weight excluding hydrogens is 262 g/mol. The van der Waals surface area contributed by atoms with Gasteiger partial charge in [-0.2, -0.15) is 0 Å². The van der Waals surface area contributed by atoms with Gasteiger partial charge in [0, 0.05) is 24.1 Å². The van der Waals surface area contributed by atoms with E-state index in [4.69, 9.17) is 23.8 Å². The Labute approximate surface area is 116 Å². The summed E-state index contributed by atoms with van der Waals surface area (Å²) in [5.41, 5.74) is 1.35. The van der Waals surface area contributed by atoms with E-state index in [-0.39, 0.29) is 6.61 Å². The standard InChI is InChI=1S/C14H17NO5/c1-17-12-8-14(19-3)13(18-2)7-10(12)11-6-9(4-5-16)20-15-11/h6-8,16H,4-5H2,1-3H3. The predicted octanol–water partition coefficient (Wildman–Crippen LogP) is 1.90. The summed E-state index contributed by atoms with van der Waals surface area (Å²) in [5, 5.41) is 12.9. The van der Waals surface area contributed by atoms with Crippen LogP contribution in [0.1, 0.15) is 5.76 Å². The van der Waals surface area contributed by atoms with Crippen molar-refractivity contribution in [3.05, 3.63) is 24.0 Å². The molecule has 0 radical (unpaired) electrons. The lowest BCUT2D eigenvalue weighted by molar-refractivity contribution is 0.277. The van der Waals surface area contributed by atoms with Gasteiger partial charge in [-0.3, -0.25) is 0 Å². The SMILES string of the molecule is COc1cc(OC)c(-c2cc(CCO)on2)cc1OC. The summed E-state index contributed by atoms with van der Waals surface area (Å²) in [6, 6.07) is 5.27. The third-order valence-corrected chi connectivity index (χ3v) is 2.90. The van der Waals surface area contributed by atoms with Crippen LogP contribution in [-0.2, 0) is 6.42 Å². The van der Waals surface area contributed by atoms with Gasteiger partial charge in [0.15, 0.2) is 11.5 Å². The minimum atomic E-state index is 0.0116. The van der Waals surface area contributed by atoms with Gasteiger partial charge in [0.2, 0.25) is 0 Å². The Morgan fingerprint density at radius 1 is 1.00 bits per heavy atom. The van der Waals surface area contributed by atoms with E-state index in [1.165, 1.54) is 0 Å². The number of methoxy groups -OCH3 is 3. The molecular formula is C14H17NO5. The molecule has 1 heterocycles. The zero-order valence-electron chi connectivity index (χ0n) is 11.7. The number of aliphatic hydroxyl groups excluding tert-OH is 1. The van der Waals surface area contributed by atoms with E-state index in [0.717, 1.165) is 5.56 Å². The van der Waals surface area contributed by atoms with Crippen molar-refractivity contribution in [3.8, 4) is 28.5 Å². The fraction of sp³-hybridized carbons (Fsp3) is 0.357. The first kappa shape index (κ1) is 14.2. The zero-order chi connectivity index (χ0) is 14.5. The van der Waals surface area contributed by atoms with Crippen LogP contribution in [0, 0.1) is 0 Å². The Morgan fingerprint density at radius 3 is 2.25 bits per heavy atom. The van der Waals surface area contributed by atoms with Crippen molar-refractivity contribution in [1.82, 2.24) is 5.16 Å². The van der Waals surface area contributed by atoms with Gasteiger partial charge in [0.1, 0.15) is 17.2 Å². The highest BCUT2D eigenvalue weighted by molar-refractivity contribution is 5.71. The minimum Gasteiger partial charge on any atom is -0.496 e. The van der Waals surface area contributed by atoms with E-state index in [1.807, 2.05) is 0 Å². The van der Waals surface area contributed by atoms with Crippen molar-refractivity contribution in [2.75, 3.05) is 27.9 Å². The smallest absolute Gasteiger partial charge is 0.164 e. The van der Waals surface area contributed by atoms with Crippen molar-refractivity contribution in [3.63, 3.8) is 0 Å². The van der Waals surface area contributed by atoms with Crippen LogP contribution in [0.15, 0.2) is 22.7 Å². The van der Waals surface area contributed by atoms with Crippen LogP contribution < -0.4 is 14.2 Å². The molecule has 1 aromatic heterocycles. The normalized spacial score (nSPS) is 10.4. The number of aliphatic hydroxyl groups is 1.